The number of amides is 2. The van der Waals surface area contributed by atoms with E-state index in [4.69, 9.17) is 4.74 Å². The van der Waals surface area contributed by atoms with Gasteiger partial charge >= 0.3 is 12.1 Å². The fourth-order valence-electron chi connectivity index (χ4n) is 3.31. The normalized spacial score (nSPS) is 12.2. The smallest absolute Gasteiger partial charge is 0.408 e. The first-order valence-corrected chi connectivity index (χ1v) is 10.7. The molecule has 3 aromatic carbocycles. The van der Waals surface area contributed by atoms with Crippen LogP contribution in [0, 0.1) is 0 Å². The van der Waals surface area contributed by atoms with Crippen molar-refractivity contribution in [2.45, 2.75) is 31.5 Å². The lowest BCUT2D eigenvalue weighted by atomic mass is 10.0. The summed E-state index contributed by atoms with van der Waals surface area (Å²) in [4.78, 5) is 37.2. The Balaban J connectivity index is 1.70. The molecule has 0 aliphatic carbocycles. The first-order chi connectivity index (χ1) is 16.4. The maximum absolute atomic E-state index is 13.0. The molecule has 0 spiro atoms. The summed E-state index contributed by atoms with van der Waals surface area (Å²) in [6.07, 6.45) is -0.644. The van der Waals surface area contributed by atoms with E-state index < -0.39 is 30.1 Å². The van der Waals surface area contributed by atoms with E-state index in [2.05, 4.69) is 10.6 Å². The maximum atomic E-state index is 13.0. The van der Waals surface area contributed by atoms with Crippen molar-refractivity contribution in [2.24, 2.45) is 0 Å². The summed E-state index contributed by atoms with van der Waals surface area (Å²) in [5.41, 5.74) is 2.20. The Bertz CT molecular complexity index is 1090. The van der Waals surface area contributed by atoms with Crippen LogP contribution in [0.5, 0.6) is 5.75 Å². The summed E-state index contributed by atoms with van der Waals surface area (Å²) in [7, 11) is 0. The minimum atomic E-state index is -1.19. The molecule has 0 aliphatic rings. The van der Waals surface area contributed by atoms with Gasteiger partial charge in [-0.2, -0.15) is 0 Å². The van der Waals surface area contributed by atoms with E-state index in [9.17, 15) is 24.6 Å². The second-order valence-corrected chi connectivity index (χ2v) is 7.72. The number of carbonyl (C=O) groups excluding carboxylic acids is 2. The van der Waals surface area contributed by atoms with Crippen LogP contribution in [-0.2, 0) is 33.8 Å². The van der Waals surface area contributed by atoms with Crippen molar-refractivity contribution in [3.63, 3.8) is 0 Å². The van der Waals surface area contributed by atoms with E-state index in [1.165, 1.54) is 12.1 Å². The molecule has 0 saturated heterocycles. The minimum Gasteiger partial charge on any atom is -0.508 e. The number of phenolic OH excluding ortho intramolecular Hbond substituents is 1. The molecule has 0 aromatic heterocycles. The van der Waals surface area contributed by atoms with Crippen LogP contribution in [-0.4, -0.2) is 40.3 Å². The number of aliphatic carboxylic acids is 1. The first kappa shape index (κ1) is 24.3. The molecular formula is C26H26N2O6. The molecular weight excluding hydrogens is 436 g/mol. The number of phenols is 1. The molecule has 8 heteroatoms. The molecule has 2 amide bonds. The Morgan fingerprint density at radius 2 is 1.24 bits per heavy atom. The van der Waals surface area contributed by atoms with Crippen LogP contribution in [0.1, 0.15) is 16.7 Å². The molecule has 4 N–H and O–H groups in total. The number of aromatic hydroxyl groups is 1. The van der Waals surface area contributed by atoms with E-state index in [0.717, 1.165) is 11.1 Å². The van der Waals surface area contributed by atoms with Crippen LogP contribution in [0.3, 0.4) is 0 Å². The number of benzene rings is 3. The summed E-state index contributed by atoms with van der Waals surface area (Å²) in [5, 5.41) is 24.2. The number of ether oxygens (including phenoxy) is 1. The molecule has 0 saturated carbocycles. The standard InChI is InChI=1S/C26H26N2O6/c29-21-13-11-19(12-14-21)15-22(28-26(33)34-17-20-9-5-2-6-10-20)24(30)27-23(25(31)32)16-18-7-3-1-4-8-18/h1-14,22-23,29H,15-17H2,(H,27,30)(H,28,33)(H,31,32). The third kappa shape index (κ3) is 7.67. The van der Waals surface area contributed by atoms with Gasteiger partial charge in [-0.15, -0.1) is 0 Å². The van der Waals surface area contributed by atoms with Crippen molar-refractivity contribution in [1.82, 2.24) is 10.6 Å². The Morgan fingerprint density at radius 3 is 1.82 bits per heavy atom. The molecule has 2 atom stereocenters. The number of carboxylic acids is 1. The number of carbonyl (C=O) groups is 3. The lowest BCUT2D eigenvalue weighted by Gasteiger charge is -2.21. The number of nitrogens with one attached hydrogen (secondary N) is 2. The van der Waals surface area contributed by atoms with E-state index in [0.29, 0.717) is 5.56 Å². The van der Waals surface area contributed by atoms with Gasteiger partial charge in [0.2, 0.25) is 5.91 Å². The van der Waals surface area contributed by atoms with Gasteiger partial charge in [0.25, 0.3) is 0 Å². The van der Waals surface area contributed by atoms with Gasteiger partial charge in [0.05, 0.1) is 0 Å². The maximum Gasteiger partial charge on any atom is 0.408 e. The zero-order chi connectivity index (χ0) is 24.3. The lowest BCUT2D eigenvalue weighted by Crippen LogP contribution is -2.53. The van der Waals surface area contributed by atoms with Crippen molar-refractivity contribution in [3.8, 4) is 5.75 Å². The molecule has 3 rings (SSSR count). The number of hydrogen-bond donors (Lipinski definition) is 4. The molecule has 2 unspecified atom stereocenters. The SMILES string of the molecule is O=C(NC(Cc1ccc(O)cc1)C(=O)NC(Cc1ccccc1)C(=O)O)OCc1ccccc1. The first-order valence-electron chi connectivity index (χ1n) is 10.7. The predicted octanol–water partition coefficient (Wildman–Crippen LogP) is 3.04. The summed E-state index contributed by atoms with van der Waals surface area (Å²) in [6, 6.07) is 21.9. The van der Waals surface area contributed by atoms with Gasteiger partial charge in [-0.25, -0.2) is 9.59 Å². The van der Waals surface area contributed by atoms with Gasteiger partial charge in [0, 0.05) is 12.8 Å². The molecule has 0 radical (unpaired) electrons. The molecule has 34 heavy (non-hydrogen) atoms. The fraction of sp³-hybridized carbons (Fsp3) is 0.192. The largest absolute Gasteiger partial charge is 0.508 e. The van der Waals surface area contributed by atoms with Gasteiger partial charge in [-0.05, 0) is 28.8 Å². The van der Waals surface area contributed by atoms with Crippen LogP contribution >= 0.6 is 0 Å². The van der Waals surface area contributed by atoms with Crippen LogP contribution in [0.15, 0.2) is 84.9 Å². The van der Waals surface area contributed by atoms with E-state index in [1.807, 2.05) is 24.3 Å². The number of alkyl carbamates (subject to hydrolysis) is 1. The van der Waals surface area contributed by atoms with Crippen molar-refractivity contribution in [2.75, 3.05) is 0 Å². The second kappa shape index (κ2) is 12.1. The third-order valence-corrected chi connectivity index (χ3v) is 5.09. The molecule has 0 aliphatic heterocycles. The van der Waals surface area contributed by atoms with Crippen molar-refractivity contribution in [1.29, 1.82) is 0 Å². The van der Waals surface area contributed by atoms with Crippen molar-refractivity contribution < 1.29 is 29.3 Å². The summed E-state index contributed by atoms with van der Waals surface area (Å²) >= 11 is 0. The van der Waals surface area contributed by atoms with Crippen LogP contribution in [0.4, 0.5) is 4.79 Å². The van der Waals surface area contributed by atoms with Crippen LogP contribution in [0.25, 0.3) is 0 Å². The molecule has 8 nitrogen and oxygen atoms in total. The van der Waals surface area contributed by atoms with Gasteiger partial charge in [0.1, 0.15) is 24.4 Å². The van der Waals surface area contributed by atoms with E-state index in [1.54, 1.807) is 48.5 Å². The van der Waals surface area contributed by atoms with E-state index >= 15 is 0 Å². The topological polar surface area (TPSA) is 125 Å². The Labute approximate surface area is 197 Å². The average molecular weight is 463 g/mol. The monoisotopic (exact) mass is 462 g/mol. The predicted molar refractivity (Wildman–Crippen MR) is 125 cm³/mol. The van der Waals surface area contributed by atoms with Crippen molar-refractivity contribution >= 4 is 18.0 Å². The third-order valence-electron chi connectivity index (χ3n) is 5.09. The Morgan fingerprint density at radius 1 is 0.706 bits per heavy atom. The lowest BCUT2D eigenvalue weighted by molar-refractivity contribution is -0.142. The average Bonchev–Trinajstić information content (AvgIpc) is 2.84. The highest BCUT2D eigenvalue weighted by atomic mass is 16.5. The van der Waals surface area contributed by atoms with E-state index in [-0.39, 0.29) is 25.2 Å². The Kier molecular flexibility index (Phi) is 8.62. The number of carboxylic acid groups (broad SMARTS) is 1. The zero-order valence-corrected chi connectivity index (χ0v) is 18.4. The van der Waals surface area contributed by atoms with Crippen molar-refractivity contribution in [3.05, 3.63) is 102 Å². The van der Waals surface area contributed by atoms with Crippen LogP contribution in [0.2, 0.25) is 0 Å². The fourth-order valence-corrected chi connectivity index (χ4v) is 3.31. The van der Waals surface area contributed by atoms with Gasteiger partial charge in [-0.1, -0.05) is 72.8 Å². The highest BCUT2D eigenvalue weighted by Crippen LogP contribution is 2.12. The minimum absolute atomic E-state index is 0.0198. The van der Waals surface area contributed by atoms with Gasteiger partial charge in [-0.3, -0.25) is 4.79 Å². The number of rotatable bonds is 10. The molecule has 0 heterocycles. The molecule has 176 valence electrons. The summed E-state index contributed by atoms with van der Waals surface area (Å²) in [6.45, 7) is 0.0198. The molecule has 0 fully saturated rings. The zero-order valence-electron chi connectivity index (χ0n) is 18.4. The Hall–Kier alpha value is -4.33. The van der Waals surface area contributed by atoms with Gasteiger partial charge in [0.15, 0.2) is 0 Å². The molecule has 3 aromatic rings. The van der Waals surface area contributed by atoms with Gasteiger partial charge < -0.3 is 25.6 Å². The second-order valence-electron chi connectivity index (χ2n) is 7.72. The summed E-state index contributed by atoms with van der Waals surface area (Å²) < 4.78 is 5.23. The highest BCUT2D eigenvalue weighted by molar-refractivity contribution is 5.89. The number of hydrogen-bond acceptors (Lipinski definition) is 5. The quantitative estimate of drug-likeness (QED) is 0.367. The highest BCUT2D eigenvalue weighted by Gasteiger charge is 2.27. The van der Waals surface area contributed by atoms with Crippen LogP contribution < -0.4 is 10.6 Å². The summed E-state index contributed by atoms with van der Waals surface area (Å²) in [5.74, 6) is -1.78. The molecule has 0 bridgehead atoms.